The lowest BCUT2D eigenvalue weighted by atomic mass is 9.74. The van der Waals surface area contributed by atoms with Crippen molar-refractivity contribution in [1.82, 2.24) is 0 Å². The van der Waals surface area contributed by atoms with Crippen LogP contribution in [0.2, 0.25) is 0 Å². The van der Waals surface area contributed by atoms with Crippen molar-refractivity contribution in [2.75, 3.05) is 11.5 Å². The molecule has 1 aliphatic rings. The number of nitrogens with two attached hydrogens (primary N) is 1. The van der Waals surface area contributed by atoms with Gasteiger partial charge >= 0.3 is 0 Å². The van der Waals surface area contributed by atoms with Gasteiger partial charge in [0.25, 0.3) is 0 Å². The molecule has 0 radical (unpaired) electrons. The summed E-state index contributed by atoms with van der Waals surface area (Å²) in [6.07, 6.45) is 6.62. The predicted octanol–water partition coefficient (Wildman–Crippen LogP) is 2.99. The summed E-state index contributed by atoms with van der Waals surface area (Å²) in [4.78, 5) is 0. The van der Waals surface area contributed by atoms with E-state index in [0.717, 1.165) is 24.7 Å². The molecule has 0 aromatic rings. The van der Waals surface area contributed by atoms with Crippen LogP contribution in [0.3, 0.4) is 0 Å². The van der Waals surface area contributed by atoms with Crippen molar-refractivity contribution in [3.63, 3.8) is 0 Å². The highest BCUT2D eigenvalue weighted by Crippen LogP contribution is 2.35. The second-order valence-electron chi connectivity index (χ2n) is 6.46. The Bertz CT molecular complexity index is 343. The predicted molar refractivity (Wildman–Crippen MR) is 81.8 cm³/mol. The fraction of sp³-hybridized carbons (Fsp3) is 1.00. The van der Waals surface area contributed by atoms with Gasteiger partial charge in [0.15, 0.2) is 0 Å². The molecule has 0 amide bonds. The van der Waals surface area contributed by atoms with Crippen LogP contribution in [-0.2, 0) is 9.84 Å². The minimum Gasteiger partial charge on any atom is -0.327 e. The summed E-state index contributed by atoms with van der Waals surface area (Å²) >= 11 is 0. The average Bonchev–Trinajstić information content (AvgIpc) is 2.38. The summed E-state index contributed by atoms with van der Waals surface area (Å²) in [5, 5.41) is 0. The number of sulfone groups is 1. The van der Waals surface area contributed by atoms with Crippen molar-refractivity contribution >= 4 is 9.84 Å². The summed E-state index contributed by atoms with van der Waals surface area (Å²) in [6.45, 7) is 6.32. The third-order valence-corrected chi connectivity index (χ3v) is 6.59. The monoisotopic (exact) mass is 289 g/mol. The molecule has 3 nitrogen and oxygen atoms in total. The zero-order valence-electron chi connectivity index (χ0n) is 12.8. The van der Waals surface area contributed by atoms with Gasteiger partial charge in [0.2, 0.25) is 0 Å². The molecular formula is C15H31NO2S. The topological polar surface area (TPSA) is 60.2 Å². The van der Waals surface area contributed by atoms with Gasteiger partial charge in [-0.2, -0.15) is 0 Å². The zero-order valence-corrected chi connectivity index (χ0v) is 13.6. The Kier molecular flexibility index (Phi) is 6.81. The van der Waals surface area contributed by atoms with Gasteiger partial charge in [-0.3, -0.25) is 0 Å². The van der Waals surface area contributed by atoms with E-state index in [9.17, 15) is 8.42 Å². The molecule has 19 heavy (non-hydrogen) atoms. The molecule has 0 spiro atoms. The highest BCUT2D eigenvalue weighted by molar-refractivity contribution is 7.91. The van der Waals surface area contributed by atoms with Crippen LogP contribution in [0.15, 0.2) is 0 Å². The quantitative estimate of drug-likeness (QED) is 0.784. The summed E-state index contributed by atoms with van der Waals surface area (Å²) in [6, 6.07) is 0.195. The van der Waals surface area contributed by atoms with Gasteiger partial charge in [-0.25, -0.2) is 8.42 Å². The van der Waals surface area contributed by atoms with Gasteiger partial charge in [0, 0.05) is 11.8 Å². The van der Waals surface area contributed by atoms with Crippen LogP contribution < -0.4 is 5.73 Å². The van der Waals surface area contributed by atoms with E-state index in [-0.39, 0.29) is 11.8 Å². The molecule has 0 aromatic heterocycles. The molecule has 1 saturated carbocycles. The van der Waals surface area contributed by atoms with E-state index in [1.54, 1.807) is 6.92 Å². The lowest BCUT2D eigenvalue weighted by Gasteiger charge is -2.34. The molecule has 1 fully saturated rings. The van der Waals surface area contributed by atoms with Gasteiger partial charge in [-0.15, -0.1) is 0 Å². The van der Waals surface area contributed by atoms with Gasteiger partial charge in [-0.05, 0) is 56.3 Å². The van der Waals surface area contributed by atoms with Crippen LogP contribution in [0, 0.1) is 17.8 Å². The minimum absolute atomic E-state index is 0.195. The van der Waals surface area contributed by atoms with E-state index in [1.165, 1.54) is 25.7 Å². The fourth-order valence-corrected chi connectivity index (χ4v) is 4.05. The molecule has 0 bridgehead atoms. The van der Waals surface area contributed by atoms with E-state index >= 15 is 0 Å². The molecular weight excluding hydrogens is 258 g/mol. The molecule has 2 N–H and O–H groups in total. The summed E-state index contributed by atoms with van der Waals surface area (Å²) in [7, 11) is -2.82. The van der Waals surface area contributed by atoms with Crippen LogP contribution in [0.4, 0.5) is 0 Å². The Morgan fingerprint density at radius 3 is 2.11 bits per heavy atom. The average molecular weight is 289 g/mol. The molecule has 0 aliphatic heterocycles. The largest absolute Gasteiger partial charge is 0.327 e. The van der Waals surface area contributed by atoms with Gasteiger partial charge in [0.1, 0.15) is 9.84 Å². The fourth-order valence-electron chi connectivity index (χ4n) is 3.16. The molecule has 1 atom stereocenters. The number of rotatable bonds is 7. The van der Waals surface area contributed by atoms with E-state index in [4.69, 9.17) is 5.73 Å². The first-order valence-electron chi connectivity index (χ1n) is 7.81. The lowest BCUT2D eigenvalue weighted by molar-refractivity contribution is 0.199. The number of hydrogen-bond donors (Lipinski definition) is 1. The summed E-state index contributed by atoms with van der Waals surface area (Å²) in [5.41, 5.74) is 6.25. The lowest BCUT2D eigenvalue weighted by Crippen LogP contribution is -2.34. The van der Waals surface area contributed by atoms with Crippen molar-refractivity contribution in [1.29, 1.82) is 0 Å². The first-order valence-corrected chi connectivity index (χ1v) is 9.64. The second kappa shape index (κ2) is 7.63. The molecule has 0 heterocycles. The standard InChI is InChI=1S/C15H31NO2S/c1-4-19(17,18)11-5-6-15(16)14-9-7-13(8-10-14)12(2)3/h12-15H,4-11,16H2,1-3H3. The minimum atomic E-state index is -2.82. The van der Waals surface area contributed by atoms with Crippen LogP contribution in [0.5, 0.6) is 0 Å². The van der Waals surface area contributed by atoms with Gasteiger partial charge < -0.3 is 5.73 Å². The number of hydrogen-bond acceptors (Lipinski definition) is 3. The van der Waals surface area contributed by atoms with E-state index in [1.807, 2.05) is 0 Å². The Balaban J connectivity index is 2.26. The molecule has 0 aromatic carbocycles. The third kappa shape index (κ3) is 5.82. The van der Waals surface area contributed by atoms with Crippen molar-refractivity contribution in [2.45, 2.75) is 65.3 Å². The Morgan fingerprint density at radius 2 is 1.63 bits per heavy atom. The summed E-state index contributed by atoms with van der Waals surface area (Å²) < 4.78 is 22.9. The maximum Gasteiger partial charge on any atom is 0.150 e. The Morgan fingerprint density at radius 1 is 1.11 bits per heavy atom. The van der Waals surface area contributed by atoms with E-state index in [2.05, 4.69) is 13.8 Å². The maximum atomic E-state index is 11.4. The highest BCUT2D eigenvalue weighted by Gasteiger charge is 2.26. The molecule has 1 rings (SSSR count). The molecule has 1 unspecified atom stereocenters. The SMILES string of the molecule is CCS(=O)(=O)CCCC(N)C1CCC(C(C)C)CC1. The van der Waals surface area contributed by atoms with E-state index in [0.29, 0.717) is 11.7 Å². The van der Waals surface area contributed by atoms with Crippen LogP contribution in [-0.4, -0.2) is 26.0 Å². The third-order valence-electron chi connectivity index (χ3n) is 4.80. The van der Waals surface area contributed by atoms with Gasteiger partial charge in [-0.1, -0.05) is 20.8 Å². The van der Waals surface area contributed by atoms with Crippen molar-refractivity contribution in [2.24, 2.45) is 23.5 Å². The smallest absolute Gasteiger partial charge is 0.150 e. The van der Waals surface area contributed by atoms with Crippen molar-refractivity contribution in [3.05, 3.63) is 0 Å². The maximum absolute atomic E-state index is 11.4. The van der Waals surface area contributed by atoms with Gasteiger partial charge in [0.05, 0.1) is 5.75 Å². The van der Waals surface area contributed by atoms with Crippen LogP contribution >= 0.6 is 0 Å². The Labute approximate surface area is 119 Å². The molecule has 4 heteroatoms. The first kappa shape index (κ1) is 17.0. The molecule has 1 aliphatic carbocycles. The Hall–Kier alpha value is -0.0900. The van der Waals surface area contributed by atoms with E-state index < -0.39 is 9.84 Å². The molecule has 0 saturated heterocycles. The normalized spacial score (nSPS) is 26.6. The van der Waals surface area contributed by atoms with Crippen molar-refractivity contribution in [3.8, 4) is 0 Å². The van der Waals surface area contributed by atoms with Crippen molar-refractivity contribution < 1.29 is 8.42 Å². The summed E-state index contributed by atoms with van der Waals surface area (Å²) in [5.74, 6) is 2.82. The zero-order chi connectivity index (χ0) is 14.5. The second-order valence-corrected chi connectivity index (χ2v) is 8.93. The van der Waals surface area contributed by atoms with Crippen LogP contribution in [0.25, 0.3) is 0 Å². The van der Waals surface area contributed by atoms with Crippen LogP contribution in [0.1, 0.15) is 59.3 Å². The first-order chi connectivity index (χ1) is 8.85. The molecule has 114 valence electrons. The highest BCUT2D eigenvalue weighted by atomic mass is 32.2.